The van der Waals surface area contributed by atoms with Gasteiger partial charge in [0.1, 0.15) is 11.5 Å². The molecule has 0 aliphatic carbocycles. The molecule has 0 radical (unpaired) electrons. The summed E-state index contributed by atoms with van der Waals surface area (Å²) in [5.41, 5.74) is 1.50. The number of carbonyl (C=O) groups excluding carboxylic acids is 2. The highest BCUT2D eigenvalue weighted by molar-refractivity contribution is 6.06. The van der Waals surface area contributed by atoms with E-state index in [-0.39, 0.29) is 5.91 Å². The molecule has 1 amide bonds. The quantitative estimate of drug-likeness (QED) is 0.492. The fraction of sp³-hybridized carbons (Fsp3) is 0.0435. The van der Waals surface area contributed by atoms with E-state index in [0.717, 1.165) is 11.3 Å². The van der Waals surface area contributed by atoms with Crippen molar-refractivity contribution in [1.82, 2.24) is 0 Å². The SMILES string of the molecule is COC(=O)c1ccccc1NC(=O)/C=C/c1cccc(Oc2ccccc2)c1. The Morgan fingerprint density at radius 2 is 1.57 bits per heavy atom. The molecule has 3 aromatic rings. The van der Waals surface area contributed by atoms with Gasteiger partial charge in [-0.05, 0) is 48.0 Å². The number of methoxy groups -OCH3 is 1. The molecule has 0 aromatic heterocycles. The van der Waals surface area contributed by atoms with E-state index in [1.165, 1.54) is 13.2 Å². The van der Waals surface area contributed by atoms with Crippen LogP contribution in [-0.4, -0.2) is 19.0 Å². The second-order valence-electron chi connectivity index (χ2n) is 5.85. The number of amides is 1. The molecule has 5 heteroatoms. The van der Waals surface area contributed by atoms with Crippen LogP contribution >= 0.6 is 0 Å². The number of hydrogen-bond donors (Lipinski definition) is 1. The number of ether oxygens (including phenoxy) is 2. The third-order valence-corrected chi connectivity index (χ3v) is 3.85. The fourth-order valence-corrected chi connectivity index (χ4v) is 2.53. The Morgan fingerprint density at radius 3 is 2.36 bits per heavy atom. The molecule has 0 bridgehead atoms. The topological polar surface area (TPSA) is 64.6 Å². The molecule has 0 fully saturated rings. The van der Waals surface area contributed by atoms with Crippen molar-refractivity contribution < 1.29 is 19.1 Å². The van der Waals surface area contributed by atoms with E-state index in [0.29, 0.717) is 17.0 Å². The zero-order chi connectivity index (χ0) is 19.8. The van der Waals surface area contributed by atoms with Gasteiger partial charge < -0.3 is 14.8 Å². The summed E-state index contributed by atoms with van der Waals surface area (Å²) in [5, 5.41) is 2.69. The van der Waals surface area contributed by atoms with Crippen LogP contribution in [0.5, 0.6) is 11.5 Å². The van der Waals surface area contributed by atoms with Gasteiger partial charge in [0.2, 0.25) is 5.91 Å². The van der Waals surface area contributed by atoms with Crippen molar-refractivity contribution in [2.75, 3.05) is 12.4 Å². The van der Waals surface area contributed by atoms with E-state index in [2.05, 4.69) is 5.32 Å². The summed E-state index contributed by atoms with van der Waals surface area (Å²) in [6, 6.07) is 23.5. The average molecular weight is 373 g/mol. The smallest absolute Gasteiger partial charge is 0.339 e. The van der Waals surface area contributed by atoms with Crippen LogP contribution in [0.4, 0.5) is 5.69 Å². The lowest BCUT2D eigenvalue weighted by Crippen LogP contribution is -2.12. The molecule has 5 nitrogen and oxygen atoms in total. The Kier molecular flexibility index (Phi) is 6.21. The number of benzene rings is 3. The number of anilines is 1. The Labute approximate surface area is 163 Å². The third kappa shape index (κ3) is 5.08. The molecule has 0 heterocycles. The monoisotopic (exact) mass is 373 g/mol. The molecular weight excluding hydrogens is 354 g/mol. The standard InChI is InChI=1S/C23H19NO4/c1-27-23(26)20-12-5-6-13-21(20)24-22(25)15-14-17-8-7-11-19(16-17)28-18-9-3-2-4-10-18/h2-16H,1H3,(H,24,25)/b15-14+. The molecule has 0 unspecified atom stereocenters. The maximum absolute atomic E-state index is 12.2. The highest BCUT2D eigenvalue weighted by Crippen LogP contribution is 2.22. The summed E-state index contributed by atoms with van der Waals surface area (Å²) in [5.74, 6) is 0.543. The molecule has 0 spiro atoms. The first-order valence-corrected chi connectivity index (χ1v) is 8.65. The lowest BCUT2D eigenvalue weighted by molar-refractivity contribution is -0.111. The van der Waals surface area contributed by atoms with Crippen LogP contribution in [0.15, 0.2) is 84.9 Å². The summed E-state index contributed by atoms with van der Waals surface area (Å²) in [4.78, 5) is 24.0. The summed E-state index contributed by atoms with van der Waals surface area (Å²) in [6.45, 7) is 0. The van der Waals surface area contributed by atoms with Gasteiger partial charge in [0.15, 0.2) is 0 Å². The Balaban J connectivity index is 1.68. The number of hydrogen-bond acceptors (Lipinski definition) is 4. The first kappa shape index (κ1) is 18.9. The summed E-state index contributed by atoms with van der Waals surface area (Å²) in [6.07, 6.45) is 3.07. The summed E-state index contributed by atoms with van der Waals surface area (Å²) < 4.78 is 10.5. The van der Waals surface area contributed by atoms with Gasteiger partial charge in [0.25, 0.3) is 0 Å². The van der Waals surface area contributed by atoms with E-state index in [1.807, 2.05) is 54.6 Å². The number of para-hydroxylation sites is 2. The fourth-order valence-electron chi connectivity index (χ4n) is 2.53. The van der Waals surface area contributed by atoms with Crippen molar-refractivity contribution in [2.24, 2.45) is 0 Å². The molecule has 0 aliphatic heterocycles. The number of carbonyl (C=O) groups is 2. The molecule has 140 valence electrons. The van der Waals surface area contributed by atoms with Crippen LogP contribution in [0.25, 0.3) is 6.08 Å². The molecule has 0 saturated heterocycles. The Hall–Kier alpha value is -3.86. The van der Waals surface area contributed by atoms with Gasteiger partial charge >= 0.3 is 5.97 Å². The predicted octanol–water partition coefficient (Wildman–Crippen LogP) is 4.92. The molecule has 0 saturated carbocycles. The van der Waals surface area contributed by atoms with Crippen molar-refractivity contribution in [3.8, 4) is 11.5 Å². The Morgan fingerprint density at radius 1 is 0.857 bits per heavy atom. The molecule has 1 N–H and O–H groups in total. The summed E-state index contributed by atoms with van der Waals surface area (Å²) in [7, 11) is 1.30. The number of nitrogens with one attached hydrogen (secondary N) is 1. The van der Waals surface area contributed by atoms with Crippen LogP contribution in [0.2, 0.25) is 0 Å². The lowest BCUT2D eigenvalue weighted by Gasteiger charge is -2.08. The zero-order valence-electron chi connectivity index (χ0n) is 15.3. The highest BCUT2D eigenvalue weighted by atomic mass is 16.5. The molecule has 3 rings (SSSR count). The van der Waals surface area contributed by atoms with Crippen LogP contribution in [-0.2, 0) is 9.53 Å². The molecule has 3 aromatic carbocycles. The van der Waals surface area contributed by atoms with Crippen molar-refractivity contribution in [2.45, 2.75) is 0 Å². The Bertz CT molecular complexity index is 996. The van der Waals surface area contributed by atoms with E-state index >= 15 is 0 Å². The van der Waals surface area contributed by atoms with Crippen LogP contribution in [0, 0.1) is 0 Å². The van der Waals surface area contributed by atoms with E-state index in [1.54, 1.807) is 30.3 Å². The maximum Gasteiger partial charge on any atom is 0.339 e. The third-order valence-electron chi connectivity index (χ3n) is 3.85. The van der Waals surface area contributed by atoms with Gasteiger partial charge in [0, 0.05) is 6.08 Å². The van der Waals surface area contributed by atoms with Gasteiger partial charge in [-0.15, -0.1) is 0 Å². The second-order valence-corrected chi connectivity index (χ2v) is 5.85. The molecule has 28 heavy (non-hydrogen) atoms. The van der Waals surface area contributed by atoms with Gasteiger partial charge in [-0.1, -0.05) is 42.5 Å². The normalized spacial score (nSPS) is 10.5. The van der Waals surface area contributed by atoms with Crippen LogP contribution in [0.3, 0.4) is 0 Å². The second kappa shape index (κ2) is 9.19. The van der Waals surface area contributed by atoms with Crippen molar-refractivity contribution in [3.63, 3.8) is 0 Å². The highest BCUT2D eigenvalue weighted by Gasteiger charge is 2.12. The first-order valence-electron chi connectivity index (χ1n) is 8.65. The van der Waals surface area contributed by atoms with Crippen LogP contribution < -0.4 is 10.1 Å². The van der Waals surface area contributed by atoms with Crippen molar-refractivity contribution >= 4 is 23.6 Å². The van der Waals surface area contributed by atoms with Gasteiger partial charge in [-0.2, -0.15) is 0 Å². The number of esters is 1. The summed E-state index contributed by atoms with van der Waals surface area (Å²) >= 11 is 0. The molecular formula is C23H19NO4. The van der Waals surface area contributed by atoms with E-state index in [9.17, 15) is 9.59 Å². The van der Waals surface area contributed by atoms with Gasteiger partial charge in [-0.25, -0.2) is 4.79 Å². The largest absolute Gasteiger partial charge is 0.465 e. The minimum absolute atomic E-state index is 0.296. The minimum Gasteiger partial charge on any atom is -0.465 e. The molecule has 0 aliphatic rings. The van der Waals surface area contributed by atoms with E-state index in [4.69, 9.17) is 9.47 Å². The lowest BCUT2D eigenvalue weighted by atomic mass is 10.1. The maximum atomic E-state index is 12.2. The van der Waals surface area contributed by atoms with E-state index < -0.39 is 5.97 Å². The minimum atomic E-state index is -0.509. The molecule has 0 atom stereocenters. The van der Waals surface area contributed by atoms with Crippen LogP contribution in [0.1, 0.15) is 15.9 Å². The van der Waals surface area contributed by atoms with Crippen molar-refractivity contribution in [3.05, 3.63) is 96.1 Å². The van der Waals surface area contributed by atoms with Crippen molar-refractivity contribution in [1.29, 1.82) is 0 Å². The predicted molar refractivity (Wildman–Crippen MR) is 108 cm³/mol. The zero-order valence-corrected chi connectivity index (χ0v) is 15.3. The van der Waals surface area contributed by atoms with Gasteiger partial charge in [-0.3, -0.25) is 4.79 Å². The van der Waals surface area contributed by atoms with Gasteiger partial charge in [0.05, 0.1) is 18.4 Å². The average Bonchev–Trinajstić information content (AvgIpc) is 2.73. The number of rotatable bonds is 6. The first-order chi connectivity index (χ1) is 13.7.